The molecule has 1 aliphatic carbocycles. The van der Waals surface area contributed by atoms with Crippen molar-refractivity contribution in [3.05, 3.63) is 88.2 Å². The van der Waals surface area contributed by atoms with Crippen molar-refractivity contribution in [2.24, 2.45) is 0 Å². The molecule has 0 saturated carbocycles. The molecule has 2 aromatic carbocycles. The fourth-order valence-electron chi connectivity index (χ4n) is 4.53. The summed E-state index contributed by atoms with van der Waals surface area (Å²) in [4.78, 5) is 27.4. The van der Waals surface area contributed by atoms with E-state index in [1.165, 1.54) is 22.3 Å². The number of esters is 1. The van der Waals surface area contributed by atoms with Crippen molar-refractivity contribution in [1.29, 1.82) is 0 Å². The molecule has 1 heterocycles. The van der Waals surface area contributed by atoms with Gasteiger partial charge in [-0.2, -0.15) is 0 Å². The molecule has 1 aliphatic rings. The fourth-order valence-corrected chi connectivity index (χ4v) is 4.53. The standard InChI is InChI=1S/C28H30N2O4/c1-4-33-27(31)26-18(2)20(19(3)30-26)11-9-10-16-29-28(32)34-17-25-23-14-7-5-12-21(23)22-13-6-8-15-24(22)25/h5-9,11-15,25,30H,4,10,16-17H2,1-3H3,(H,29,32). The van der Waals surface area contributed by atoms with Gasteiger partial charge in [0.2, 0.25) is 0 Å². The molecule has 0 fully saturated rings. The number of carbonyl (C=O) groups is 2. The van der Waals surface area contributed by atoms with Crippen LogP contribution < -0.4 is 5.32 Å². The number of ether oxygens (including phenoxy) is 2. The van der Waals surface area contributed by atoms with Crippen molar-refractivity contribution >= 4 is 18.1 Å². The molecule has 6 heteroatoms. The largest absolute Gasteiger partial charge is 0.461 e. The Labute approximate surface area is 200 Å². The van der Waals surface area contributed by atoms with Gasteiger partial charge in [0.1, 0.15) is 12.3 Å². The van der Waals surface area contributed by atoms with Crippen LogP contribution >= 0.6 is 0 Å². The summed E-state index contributed by atoms with van der Waals surface area (Å²) in [5.41, 5.74) is 8.01. The van der Waals surface area contributed by atoms with Crippen LogP contribution in [0.15, 0.2) is 54.6 Å². The summed E-state index contributed by atoms with van der Waals surface area (Å²) < 4.78 is 10.7. The molecule has 3 aromatic rings. The number of fused-ring (bicyclic) bond motifs is 3. The number of rotatable bonds is 8. The van der Waals surface area contributed by atoms with E-state index in [-0.39, 0.29) is 11.9 Å². The van der Waals surface area contributed by atoms with Crippen molar-refractivity contribution in [2.75, 3.05) is 19.8 Å². The third kappa shape index (κ3) is 4.76. The Morgan fingerprint density at radius 2 is 1.65 bits per heavy atom. The van der Waals surface area contributed by atoms with Gasteiger partial charge in [-0.15, -0.1) is 0 Å². The van der Waals surface area contributed by atoms with E-state index in [9.17, 15) is 9.59 Å². The smallest absolute Gasteiger partial charge is 0.407 e. The summed E-state index contributed by atoms with van der Waals surface area (Å²) in [5, 5.41) is 2.82. The molecule has 6 nitrogen and oxygen atoms in total. The maximum absolute atomic E-state index is 12.3. The molecule has 0 atom stereocenters. The van der Waals surface area contributed by atoms with Crippen LogP contribution in [0.2, 0.25) is 0 Å². The van der Waals surface area contributed by atoms with Gasteiger partial charge in [0.25, 0.3) is 0 Å². The molecule has 4 rings (SSSR count). The third-order valence-electron chi connectivity index (χ3n) is 6.18. The van der Waals surface area contributed by atoms with Crippen LogP contribution in [-0.2, 0) is 9.47 Å². The molecule has 0 unspecified atom stereocenters. The van der Waals surface area contributed by atoms with Crippen LogP contribution in [0, 0.1) is 13.8 Å². The minimum atomic E-state index is -0.422. The number of aromatic nitrogens is 1. The number of benzene rings is 2. The fraction of sp³-hybridized carbons (Fsp3) is 0.286. The number of hydrogen-bond donors (Lipinski definition) is 2. The minimum absolute atomic E-state index is 0.0474. The van der Waals surface area contributed by atoms with Gasteiger partial charge in [-0.1, -0.05) is 60.7 Å². The molecule has 0 bridgehead atoms. The van der Waals surface area contributed by atoms with Crippen LogP contribution in [0.3, 0.4) is 0 Å². The number of carbonyl (C=O) groups excluding carboxylic acids is 2. The predicted molar refractivity (Wildman–Crippen MR) is 133 cm³/mol. The molecule has 176 valence electrons. The zero-order valence-corrected chi connectivity index (χ0v) is 19.8. The molecule has 0 saturated heterocycles. The van der Waals surface area contributed by atoms with Gasteiger partial charge in [0.15, 0.2) is 0 Å². The van der Waals surface area contributed by atoms with E-state index in [2.05, 4.69) is 34.6 Å². The zero-order valence-electron chi connectivity index (χ0n) is 19.8. The highest BCUT2D eigenvalue weighted by Crippen LogP contribution is 2.44. The van der Waals surface area contributed by atoms with E-state index < -0.39 is 6.09 Å². The number of H-pyrrole nitrogens is 1. The number of alkyl carbamates (subject to hydrolysis) is 1. The maximum atomic E-state index is 12.3. The molecule has 0 spiro atoms. The Balaban J connectivity index is 1.28. The highest BCUT2D eigenvalue weighted by atomic mass is 16.5. The van der Waals surface area contributed by atoms with E-state index in [4.69, 9.17) is 9.47 Å². The Morgan fingerprint density at radius 1 is 1.00 bits per heavy atom. The SMILES string of the molecule is CCOC(=O)c1[nH]c(C)c(C=CCCNC(=O)OCC2c3ccccc3-c3ccccc32)c1C. The number of amides is 1. The number of nitrogens with one attached hydrogen (secondary N) is 2. The molecule has 0 aliphatic heterocycles. The van der Waals surface area contributed by atoms with E-state index in [0.717, 1.165) is 16.8 Å². The molecule has 2 N–H and O–H groups in total. The highest BCUT2D eigenvalue weighted by Gasteiger charge is 2.28. The summed E-state index contributed by atoms with van der Waals surface area (Å²) in [5.74, 6) is -0.300. The van der Waals surface area contributed by atoms with Crippen LogP contribution in [0.5, 0.6) is 0 Å². The average molecular weight is 459 g/mol. The Kier molecular flexibility index (Phi) is 7.16. The number of aromatic amines is 1. The topological polar surface area (TPSA) is 80.4 Å². The van der Waals surface area contributed by atoms with Crippen LogP contribution in [0.1, 0.15) is 57.7 Å². The second-order valence-corrected chi connectivity index (χ2v) is 8.33. The maximum Gasteiger partial charge on any atom is 0.407 e. The van der Waals surface area contributed by atoms with Crippen molar-refractivity contribution < 1.29 is 19.1 Å². The van der Waals surface area contributed by atoms with Gasteiger partial charge in [-0.3, -0.25) is 0 Å². The molecular weight excluding hydrogens is 428 g/mol. The average Bonchev–Trinajstić information content (AvgIpc) is 3.31. The monoisotopic (exact) mass is 458 g/mol. The lowest BCUT2D eigenvalue weighted by Gasteiger charge is -2.14. The second kappa shape index (κ2) is 10.4. The van der Waals surface area contributed by atoms with Gasteiger partial charge in [0, 0.05) is 18.2 Å². The summed E-state index contributed by atoms with van der Waals surface area (Å²) in [6, 6.07) is 16.5. The predicted octanol–water partition coefficient (Wildman–Crippen LogP) is 5.75. The van der Waals surface area contributed by atoms with Crippen molar-refractivity contribution in [2.45, 2.75) is 33.1 Å². The number of hydrogen-bond acceptors (Lipinski definition) is 4. The van der Waals surface area contributed by atoms with Gasteiger partial charge in [-0.05, 0) is 60.6 Å². The second-order valence-electron chi connectivity index (χ2n) is 8.33. The summed E-state index contributed by atoms with van der Waals surface area (Å²) in [7, 11) is 0. The molecule has 1 aromatic heterocycles. The first-order valence-electron chi connectivity index (χ1n) is 11.6. The quantitative estimate of drug-likeness (QED) is 0.333. The summed E-state index contributed by atoms with van der Waals surface area (Å²) in [6.45, 7) is 6.69. The van der Waals surface area contributed by atoms with Crippen molar-refractivity contribution in [1.82, 2.24) is 10.3 Å². The molecule has 1 amide bonds. The first kappa shape index (κ1) is 23.4. The molecule has 34 heavy (non-hydrogen) atoms. The van der Waals surface area contributed by atoms with E-state index in [1.807, 2.05) is 50.3 Å². The van der Waals surface area contributed by atoms with Crippen molar-refractivity contribution in [3.63, 3.8) is 0 Å². The highest BCUT2D eigenvalue weighted by molar-refractivity contribution is 5.91. The van der Waals surface area contributed by atoms with E-state index in [0.29, 0.717) is 31.9 Å². The molecular formula is C28H30N2O4. The van der Waals surface area contributed by atoms with Gasteiger partial charge in [0.05, 0.1) is 6.61 Å². The van der Waals surface area contributed by atoms with Crippen LogP contribution in [-0.4, -0.2) is 36.8 Å². The lowest BCUT2D eigenvalue weighted by Crippen LogP contribution is -2.26. The normalized spacial score (nSPS) is 12.4. The zero-order chi connectivity index (χ0) is 24.1. The van der Waals surface area contributed by atoms with Gasteiger partial charge in [-0.25, -0.2) is 9.59 Å². The Bertz CT molecular complexity index is 1180. The minimum Gasteiger partial charge on any atom is -0.461 e. The lowest BCUT2D eigenvalue weighted by atomic mass is 9.98. The lowest BCUT2D eigenvalue weighted by molar-refractivity contribution is 0.0519. The van der Waals surface area contributed by atoms with E-state index >= 15 is 0 Å². The van der Waals surface area contributed by atoms with E-state index in [1.54, 1.807) is 6.92 Å². The Hall–Kier alpha value is -3.80. The number of aryl methyl sites for hydroxylation is 1. The summed E-state index contributed by atoms with van der Waals surface area (Å²) in [6.07, 6.45) is 4.16. The van der Waals surface area contributed by atoms with Crippen molar-refractivity contribution in [3.8, 4) is 11.1 Å². The Morgan fingerprint density at radius 3 is 2.29 bits per heavy atom. The first-order valence-corrected chi connectivity index (χ1v) is 11.6. The van der Waals surface area contributed by atoms with Gasteiger partial charge >= 0.3 is 12.1 Å². The van der Waals surface area contributed by atoms with Crippen LogP contribution in [0.25, 0.3) is 17.2 Å². The molecule has 0 radical (unpaired) electrons. The summed E-state index contributed by atoms with van der Waals surface area (Å²) >= 11 is 0. The first-order chi connectivity index (χ1) is 16.5. The van der Waals surface area contributed by atoms with Gasteiger partial charge < -0.3 is 19.8 Å². The third-order valence-corrected chi connectivity index (χ3v) is 6.18. The van der Waals surface area contributed by atoms with Crippen LogP contribution in [0.4, 0.5) is 4.79 Å².